The van der Waals surface area contributed by atoms with Crippen LogP contribution in [0.2, 0.25) is 0 Å². The Bertz CT molecular complexity index is 410. The lowest BCUT2D eigenvalue weighted by atomic mass is 9.98. The molecule has 3 nitrogen and oxygen atoms in total. The SMILES string of the molecule is CC(C(=O)N1CCC(O)CC1)c1ccc(Br)cc1. The highest BCUT2D eigenvalue weighted by Crippen LogP contribution is 2.22. The first-order valence-corrected chi connectivity index (χ1v) is 7.09. The highest BCUT2D eigenvalue weighted by molar-refractivity contribution is 9.10. The normalized spacial score (nSPS) is 18.7. The van der Waals surface area contributed by atoms with E-state index in [1.54, 1.807) is 0 Å². The number of hydrogen-bond donors (Lipinski definition) is 1. The van der Waals surface area contributed by atoms with Crippen LogP contribution in [0, 0.1) is 0 Å². The monoisotopic (exact) mass is 311 g/mol. The lowest BCUT2D eigenvalue weighted by molar-refractivity contribution is -0.134. The van der Waals surface area contributed by atoms with Gasteiger partial charge in [0.2, 0.25) is 5.91 Å². The fourth-order valence-corrected chi connectivity index (χ4v) is 2.52. The molecule has 1 atom stereocenters. The number of nitrogens with zero attached hydrogens (tertiary/aromatic N) is 1. The van der Waals surface area contributed by atoms with Gasteiger partial charge in [0.25, 0.3) is 0 Å². The molecule has 1 aromatic rings. The van der Waals surface area contributed by atoms with Crippen LogP contribution >= 0.6 is 15.9 Å². The number of benzene rings is 1. The number of likely N-dealkylation sites (tertiary alicyclic amines) is 1. The van der Waals surface area contributed by atoms with Crippen molar-refractivity contribution in [2.24, 2.45) is 0 Å². The van der Waals surface area contributed by atoms with E-state index >= 15 is 0 Å². The minimum absolute atomic E-state index is 0.117. The van der Waals surface area contributed by atoms with Crippen molar-refractivity contribution in [2.45, 2.75) is 31.8 Å². The van der Waals surface area contributed by atoms with E-state index in [0.29, 0.717) is 25.9 Å². The summed E-state index contributed by atoms with van der Waals surface area (Å²) in [5.41, 5.74) is 1.04. The molecule has 0 radical (unpaired) electrons. The second-order valence-electron chi connectivity index (χ2n) is 4.83. The molecule has 1 aliphatic rings. The van der Waals surface area contributed by atoms with Crippen molar-refractivity contribution in [2.75, 3.05) is 13.1 Å². The molecule has 4 heteroatoms. The van der Waals surface area contributed by atoms with E-state index in [1.807, 2.05) is 36.1 Å². The quantitative estimate of drug-likeness (QED) is 0.912. The number of carbonyl (C=O) groups is 1. The van der Waals surface area contributed by atoms with Crippen molar-refractivity contribution in [3.63, 3.8) is 0 Å². The van der Waals surface area contributed by atoms with Crippen LogP contribution in [-0.4, -0.2) is 35.1 Å². The van der Waals surface area contributed by atoms with Crippen molar-refractivity contribution in [3.8, 4) is 0 Å². The summed E-state index contributed by atoms with van der Waals surface area (Å²) >= 11 is 3.39. The molecule has 0 aliphatic carbocycles. The van der Waals surface area contributed by atoms with Gasteiger partial charge in [-0.05, 0) is 37.5 Å². The molecular weight excluding hydrogens is 294 g/mol. The molecule has 1 saturated heterocycles. The summed E-state index contributed by atoms with van der Waals surface area (Å²) in [6.07, 6.45) is 1.15. The van der Waals surface area contributed by atoms with Gasteiger partial charge in [-0.2, -0.15) is 0 Å². The Balaban J connectivity index is 2.02. The molecule has 1 amide bonds. The van der Waals surface area contributed by atoms with Crippen LogP contribution in [-0.2, 0) is 4.79 Å². The standard InChI is InChI=1S/C14H18BrNO2/c1-10(11-2-4-12(15)5-3-11)14(18)16-8-6-13(17)7-9-16/h2-5,10,13,17H,6-9H2,1H3. The summed E-state index contributed by atoms with van der Waals surface area (Å²) in [5, 5.41) is 9.45. The van der Waals surface area contributed by atoms with Crippen molar-refractivity contribution >= 4 is 21.8 Å². The molecule has 1 unspecified atom stereocenters. The maximum Gasteiger partial charge on any atom is 0.229 e. The minimum atomic E-state index is -0.239. The summed E-state index contributed by atoms with van der Waals surface area (Å²) in [7, 11) is 0. The summed E-state index contributed by atoms with van der Waals surface area (Å²) in [6, 6.07) is 7.87. The molecule has 0 aromatic heterocycles. The average molecular weight is 312 g/mol. The molecular formula is C14H18BrNO2. The molecule has 2 rings (SSSR count). The van der Waals surface area contributed by atoms with Gasteiger partial charge in [-0.3, -0.25) is 4.79 Å². The smallest absolute Gasteiger partial charge is 0.229 e. The van der Waals surface area contributed by atoms with Crippen LogP contribution in [0.3, 0.4) is 0 Å². The van der Waals surface area contributed by atoms with E-state index in [-0.39, 0.29) is 17.9 Å². The lowest BCUT2D eigenvalue weighted by Crippen LogP contribution is -2.41. The van der Waals surface area contributed by atoms with Crippen LogP contribution in [0.5, 0.6) is 0 Å². The minimum Gasteiger partial charge on any atom is -0.393 e. The van der Waals surface area contributed by atoms with Gasteiger partial charge in [0.05, 0.1) is 12.0 Å². The van der Waals surface area contributed by atoms with Crippen LogP contribution in [0.4, 0.5) is 0 Å². The molecule has 0 saturated carbocycles. The van der Waals surface area contributed by atoms with Gasteiger partial charge in [-0.15, -0.1) is 0 Å². The lowest BCUT2D eigenvalue weighted by Gasteiger charge is -2.31. The highest BCUT2D eigenvalue weighted by atomic mass is 79.9. The molecule has 1 aromatic carbocycles. The number of amides is 1. The first-order valence-electron chi connectivity index (χ1n) is 6.30. The highest BCUT2D eigenvalue weighted by Gasteiger charge is 2.25. The first kappa shape index (κ1) is 13.6. The molecule has 18 heavy (non-hydrogen) atoms. The Morgan fingerprint density at radius 1 is 1.33 bits per heavy atom. The molecule has 0 bridgehead atoms. The van der Waals surface area contributed by atoms with Gasteiger partial charge in [-0.25, -0.2) is 0 Å². The molecule has 1 aliphatic heterocycles. The fraction of sp³-hybridized carbons (Fsp3) is 0.500. The first-order chi connectivity index (χ1) is 8.58. The van der Waals surface area contributed by atoms with Crippen LogP contribution in [0.25, 0.3) is 0 Å². The molecule has 98 valence electrons. The third-order valence-electron chi connectivity index (χ3n) is 3.52. The number of rotatable bonds is 2. The molecule has 0 spiro atoms. The second kappa shape index (κ2) is 5.85. The topological polar surface area (TPSA) is 40.5 Å². The fourth-order valence-electron chi connectivity index (χ4n) is 2.25. The molecule has 1 heterocycles. The summed E-state index contributed by atoms with van der Waals surface area (Å²) in [5.74, 6) is 0.0394. The van der Waals surface area contributed by atoms with Gasteiger partial charge >= 0.3 is 0 Å². The summed E-state index contributed by atoms with van der Waals surface area (Å²) < 4.78 is 1.02. The maximum atomic E-state index is 12.3. The van der Waals surface area contributed by atoms with E-state index in [4.69, 9.17) is 0 Å². The largest absolute Gasteiger partial charge is 0.393 e. The number of aliphatic hydroxyl groups is 1. The van der Waals surface area contributed by atoms with Crippen molar-refractivity contribution < 1.29 is 9.90 Å². The summed E-state index contributed by atoms with van der Waals surface area (Å²) in [6.45, 7) is 3.28. The summed E-state index contributed by atoms with van der Waals surface area (Å²) in [4.78, 5) is 14.2. The maximum absolute atomic E-state index is 12.3. The number of carbonyl (C=O) groups excluding carboxylic acids is 1. The zero-order valence-corrected chi connectivity index (χ0v) is 12.1. The molecule has 1 N–H and O–H groups in total. The zero-order chi connectivity index (χ0) is 13.1. The van der Waals surface area contributed by atoms with Gasteiger partial charge < -0.3 is 10.0 Å². The third-order valence-corrected chi connectivity index (χ3v) is 4.05. The molecule has 1 fully saturated rings. The van der Waals surface area contributed by atoms with E-state index in [9.17, 15) is 9.90 Å². The van der Waals surface area contributed by atoms with Crippen LogP contribution in [0.1, 0.15) is 31.2 Å². The predicted molar refractivity (Wildman–Crippen MR) is 74.4 cm³/mol. The second-order valence-corrected chi connectivity index (χ2v) is 5.75. The average Bonchev–Trinajstić information content (AvgIpc) is 2.39. The Kier molecular flexibility index (Phi) is 4.40. The third kappa shape index (κ3) is 3.12. The van der Waals surface area contributed by atoms with Gasteiger partial charge in [0.1, 0.15) is 0 Å². The van der Waals surface area contributed by atoms with Crippen molar-refractivity contribution in [1.29, 1.82) is 0 Å². The number of halogens is 1. The number of aliphatic hydroxyl groups excluding tert-OH is 1. The van der Waals surface area contributed by atoms with Gasteiger partial charge in [-0.1, -0.05) is 28.1 Å². The number of piperidine rings is 1. The van der Waals surface area contributed by atoms with Gasteiger partial charge in [0, 0.05) is 17.6 Å². The Morgan fingerprint density at radius 2 is 1.89 bits per heavy atom. The predicted octanol–water partition coefficient (Wildman–Crippen LogP) is 2.54. The van der Waals surface area contributed by atoms with Crippen LogP contribution in [0.15, 0.2) is 28.7 Å². The number of hydrogen-bond acceptors (Lipinski definition) is 2. The van der Waals surface area contributed by atoms with E-state index in [0.717, 1.165) is 10.0 Å². The Morgan fingerprint density at radius 3 is 2.44 bits per heavy atom. The van der Waals surface area contributed by atoms with E-state index in [2.05, 4.69) is 15.9 Å². The van der Waals surface area contributed by atoms with E-state index in [1.165, 1.54) is 0 Å². The van der Waals surface area contributed by atoms with Gasteiger partial charge in [0.15, 0.2) is 0 Å². The van der Waals surface area contributed by atoms with Crippen molar-refractivity contribution in [3.05, 3.63) is 34.3 Å². The van der Waals surface area contributed by atoms with Crippen LogP contribution < -0.4 is 0 Å². The van der Waals surface area contributed by atoms with Crippen molar-refractivity contribution in [1.82, 2.24) is 4.90 Å². The zero-order valence-electron chi connectivity index (χ0n) is 10.5. The Hall–Kier alpha value is -0.870. The Labute approximate surface area is 116 Å². The van der Waals surface area contributed by atoms with E-state index < -0.39 is 0 Å².